The molecule has 1 aliphatic heterocycles. The lowest BCUT2D eigenvalue weighted by atomic mass is 10.2. The number of rotatable bonds is 7. The molecule has 1 atom stereocenters. The van der Waals surface area contributed by atoms with Gasteiger partial charge in [-0.05, 0) is 56.3 Å². The van der Waals surface area contributed by atoms with E-state index in [9.17, 15) is 13.2 Å². The van der Waals surface area contributed by atoms with Crippen molar-refractivity contribution in [1.29, 1.82) is 0 Å². The average Bonchev–Trinajstić information content (AvgIpc) is 2.71. The summed E-state index contributed by atoms with van der Waals surface area (Å²) in [6, 6.07) is 13.1. The van der Waals surface area contributed by atoms with Gasteiger partial charge in [0.05, 0.1) is 11.4 Å². The smallest absolute Gasteiger partial charge is 0.247 e. The molecule has 2 aromatic rings. The summed E-state index contributed by atoms with van der Waals surface area (Å²) in [6.45, 7) is 7.44. The second-order valence-electron chi connectivity index (χ2n) is 6.88. The first-order valence-corrected chi connectivity index (χ1v) is 10.7. The summed E-state index contributed by atoms with van der Waals surface area (Å²) in [6.07, 6.45) is 0.725. The van der Waals surface area contributed by atoms with Crippen molar-refractivity contribution in [2.24, 2.45) is 0 Å². The van der Waals surface area contributed by atoms with Crippen molar-refractivity contribution in [2.75, 3.05) is 18.5 Å². The van der Waals surface area contributed by atoms with E-state index in [1.807, 2.05) is 32.0 Å². The second-order valence-corrected chi connectivity index (χ2v) is 8.77. The third kappa shape index (κ3) is 4.78. The molecule has 0 saturated heterocycles. The van der Waals surface area contributed by atoms with Gasteiger partial charge in [-0.15, -0.1) is 0 Å². The third-order valence-electron chi connectivity index (χ3n) is 4.44. The Bertz CT molecular complexity index is 986. The normalized spacial score (nSPS) is 15.9. The van der Waals surface area contributed by atoms with Crippen LogP contribution in [0, 0.1) is 0 Å². The SMILES string of the molecule is C=CC(=O)Nc1ccc(S(=O)(=O)N(CC2COc3ccccc3O2)C(C)C)cc1. The van der Waals surface area contributed by atoms with E-state index in [0.717, 1.165) is 6.08 Å². The minimum absolute atomic E-state index is 0.139. The molecule has 7 nitrogen and oxygen atoms in total. The maximum Gasteiger partial charge on any atom is 0.247 e. The quantitative estimate of drug-likeness (QED) is 0.702. The molecule has 1 heterocycles. The Kier molecular flexibility index (Phi) is 6.24. The van der Waals surface area contributed by atoms with Gasteiger partial charge in [0.1, 0.15) is 12.7 Å². The molecule has 0 spiro atoms. The first-order chi connectivity index (χ1) is 13.8. The summed E-state index contributed by atoms with van der Waals surface area (Å²) >= 11 is 0. The predicted molar refractivity (Wildman–Crippen MR) is 111 cm³/mol. The summed E-state index contributed by atoms with van der Waals surface area (Å²) in [7, 11) is -3.76. The van der Waals surface area contributed by atoms with E-state index in [1.165, 1.54) is 16.4 Å². The number of nitrogens with zero attached hydrogens (tertiary/aromatic N) is 1. The second kappa shape index (κ2) is 8.67. The Morgan fingerprint density at radius 2 is 1.86 bits per heavy atom. The van der Waals surface area contributed by atoms with Crippen LogP contribution in [0.3, 0.4) is 0 Å². The van der Waals surface area contributed by atoms with Gasteiger partial charge in [-0.1, -0.05) is 18.7 Å². The molecule has 8 heteroatoms. The zero-order chi connectivity index (χ0) is 21.0. The van der Waals surface area contributed by atoms with Gasteiger partial charge < -0.3 is 14.8 Å². The number of benzene rings is 2. The fourth-order valence-electron chi connectivity index (χ4n) is 2.98. The van der Waals surface area contributed by atoms with Crippen LogP contribution in [0.15, 0.2) is 66.1 Å². The highest BCUT2D eigenvalue weighted by Gasteiger charge is 2.32. The molecular formula is C21H24N2O5S. The lowest BCUT2D eigenvalue weighted by molar-refractivity contribution is -0.111. The highest BCUT2D eigenvalue weighted by molar-refractivity contribution is 7.89. The third-order valence-corrected chi connectivity index (χ3v) is 6.50. The molecule has 0 aromatic heterocycles. The Morgan fingerprint density at radius 1 is 1.21 bits per heavy atom. The first-order valence-electron chi connectivity index (χ1n) is 9.25. The van der Waals surface area contributed by atoms with Gasteiger partial charge in [0.2, 0.25) is 15.9 Å². The molecule has 1 amide bonds. The number of fused-ring (bicyclic) bond motifs is 1. The van der Waals surface area contributed by atoms with E-state index in [-0.39, 0.29) is 30.0 Å². The van der Waals surface area contributed by atoms with Gasteiger partial charge in [-0.25, -0.2) is 8.42 Å². The van der Waals surface area contributed by atoms with Crippen molar-refractivity contribution in [3.63, 3.8) is 0 Å². The largest absolute Gasteiger partial charge is 0.486 e. The Hall–Kier alpha value is -2.84. The Morgan fingerprint density at radius 3 is 2.48 bits per heavy atom. The van der Waals surface area contributed by atoms with Crippen molar-refractivity contribution in [2.45, 2.75) is 30.9 Å². The molecule has 0 fully saturated rings. The maximum atomic E-state index is 13.2. The summed E-state index contributed by atoms with van der Waals surface area (Å²) in [5.74, 6) is 0.895. The first kappa shape index (κ1) is 20.9. The van der Waals surface area contributed by atoms with E-state index in [2.05, 4.69) is 11.9 Å². The minimum Gasteiger partial charge on any atom is -0.486 e. The van der Waals surface area contributed by atoms with Gasteiger partial charge in [0, 0.05) is 11.7 Å². The molecule has 29 heavy (non-hydrogen) atoms. The number of ether oxygens (including phenoxy) is 2. The molecule has 1 unspecified atom stereocenters. The van der Waals surface area contributed by atoms with Gasteiger partial charge in [0.15, 0.2) is 11.5 Å². The van der Waals surface area contributed by atoms with E-state index in [0.29, 0.717) is 17.2 Å². The number of hydrogen-bond donors (Lipinski definition) is 1. The minimum atomic E-state index is -3.76. The van der Waals surface area contributed by atoms with Gasteiger partial charge >= 0.3 is 0 Å². The van der Waals surface area contributed by atoms with E-state index in [1.54, 1.807) is 18.2 Å². The molecule has 0 bridgehead atoms. The number of anilines is 1. The highest BCUT2D eigenvalue weighted by Crippen LogP contribution is 2.32. The van der Waals surface area contributed by atoms with Crippen molar-refractivity contribution < 1.29 is 22.7 Å². The van der Waals surface area contributed by atoms with Gasteiger partial charge in [-0.2, -0.15) is 4.31 Å². The van der Waals surface area contributed by atoms with Crippen molar-refractivity contribution in [3.8, 4) is 11.5 Å². The number of carbonyl (C=O) groups excluding carboxylic acids is 1. The van der Waals surface area contributed by atoms with E-state index >= 15 is 0 Å². The zero-order valence-corrected chi connectivity index (χ0v) is 17.2. The summed E-state index contributed by atoms with van der Waals surface area (Å²) in [5.41, 5.74) is 0.491. The summed E-state index contributed by atoms with van der Waals surface area (Å²) in [4.78, 5) is 11.5. The Balaban J connectivity index is 1.77. The van der Waals surface area contributed by atoms with E-state index in [4.69, 9.17) is 9.47 Å². The van der Waals surface area contributed by atoms with Crippen LogP contribution in [-0.2, 0) is 14.8 Å². The lowest BCUT2D eigenvalue weighted by Gasteiger charge is -2.32. The zero-order valence-electron chi connectivity index (χ0n) is 16.4. The number of amides is 1. The molecule has 0 radical (unpaired) electrons. The molecule has 0 aliphatic carbocycles. The molecule has 2 aromatic carbocycles. The average molecular weight is 416 g/mol. The van der Waals surface area contributed by atoms with Gasteiger partial charge in [-0.3, -0.25) is 4.79 Å². The number of hydrogen-bond acceptors (Lipinski definition) is 5. The van der Waals surface area contributed by atoms with Crippen LogP contribution in [0.4, 0.5) is 5.69 Å². The fraction of sp³-hybridized carbons (Fsp3) is 0.286. The van der Waals surface area contributed by atoms with Crippen molar-refractivity contribution in [3.05, 3.63) is 61.2 Å². The molecule has 3 rings (SSSR count). The monoisotopic (exact) mass is 416 g/mol. The maximum absolute atomic E-state index is 13.2. The molecule has 1 N–H and O–H groups in total. The topological polar surface area (TPSA) is 84.9 Å². The van der Waals surface area contributed by atoms with Crippen LogP contribution in [0.5, 0.6) is 11.5 Å². The van der Waals surface area contributed by atoms with E-state index < -0.39 is 16.1 Å². The molecule has 1 aliphatic rings. The Labute approximate surface area is 171 Å². The predicted octanol–water partition coefficient (Wildman–Crippen LogP) is 3.05. The van der Waals surface area contributed by atoms with Crippen LogP contribution >= 0.6 is 0 Å². The lowest BCUT2D eigenvalue weighted by Crippen LogP contribution is -2.46. The van der Waals surface area contributed by atoms with Crippen LogP contribution in [0.2, 0.25) is 0 Å². The number of para-hydroxylation sites is 2. The van der Waals surface area contributed by atoms with Crippen molar-refractivity contribution in [1.82, 2.24) is 4.31 Å². The van der Waals surface area contributed by atoms with Crippen LogP contribution < -0.4 is 14.8 Å². The molecule has 154 valence electrons. The van der Waals surface area contributed by atoms with Crippen LogP contribution in [0.25, 0.3) is 0 Å². The summed E-state index contributed by atoms with van der Waals surface area (Å²) < 4.78 is 39.4. The van der Waals surface area contributed by atoms with Crippen LogP contribution in [0.1, 0.15) is 13.8 Å². The standard InChI is InChI=1S/C21H24N2O5S/c1-4-21(24)22-16-9-11-18(12-10-16)29(25,26)23(15(2)3)13-17-14-27-19-7-5-6-8-20(19)28-17/h4-12,15,17H,1,13-14H2,2-3H3,(H,22,24). The summed E-state index contributed by atoms with van der Waals surface area (Å²) in [5, 5.41) is 2.60. The fourth-order valence-corrected chi connectivity index (χ4v) is 4.65. The molecular weight excluding hydrogens is 392 g/mol. The van der Waals surface area contributed by atoms with Crippen LogP contribution in [-0.4, -0.2) is 43.9 Å². The number of sulfonamides is 1. The van der Waals surface area contributed by atoms with Gasteiger partial charge in [0.25, 0.3) is 0 Å². The molecule has 0 saturated carbocycles. The van der Waals surface area contributed by atoms with Crippen molar-refractivity contribution >= 4 is 21.6 Å². The number of nitrogens with one attached hydrogen (secondary N) is 1. The highest BCUT2D eigenvalue weighted by atomic mass is 32.2. The number of carbonyl (C=O) groups is 1.